The second-order valence-electron chi connectivity index (χ2n) is 8.42. The van der Waals surface area contributed by atoms with Crippen molar-refractivity contribution in [1.29, 1.82) is 0 Å². The van der Waals surface area contributed by atoms with Crippen LogP contribution in [-0.4, -0.2) is 35.3 Å². The van der Waals surface area contributed by atoms with Crippen molar-refractivity contribution in [2.45, 2.75) is 44.4 Å². The number of rotatable bonds is 4. The molecule has 0 spiro atoms. The number of nitrogens with one attached hydrogen (secondary N) is 1. The maximum Gasteiger partial charge on any atom is 0.275 e. The van der Waals surface area contributed by atoms with Gasteiger partial charge < -0.3 is 0 Å². The van der Waals surface area contributed by atoms with E-state index in [0.29, 0.717) is 36.3 Å². The van der Waals surface area contributed by atoms with Crippen molar-refractivity contribution in [3.8, 4) is 5.69 Å². The number of aromatic nitrogens is 2. The third-order valence-corrected chi connectivity index (χ3v) is 8.11. The van der Waals surface area contributed by atoms with E-state index in [9.17, 15) is 13.2 Å². The van der Waals surface area contributed by atoms with E-state index in [1.165, 1.54) is 9.87 Å². The Morgan fingerprint density at radius 1 is 1.03 bits per heavy atom. The molecule has 0 atom stereocenters. The number of nitrogens with zero attached hydrogens (tertiary/aromatic N) is 3. The minimum Gasteiger partial charge on any atom is -0.290 e. The predicted molar refractivity (Wildman–Crippen MR) is 129 cm³/mol. The van der Waals surface area contributed by atoms with Crippen LogP contribution in [-0.2, 0) is 22.9 Å². The van der Waals surface area contributed by atoms with E-state index in [1.54, 1.807) is 35.2 Å². The third kappa shape index (κ3) is 3.64. The standard InChI is InChI=1S/C25H26N4O3S/c1-3-18-8-10-19(11-9-18)29-25(30)22-14-16-28(24-21(23(22)27-29)5-4-15-26-24)33(31,32)20-12-6-17(2)7-13-20/h6-13,15,27H,3-5,14,16H2,1-2H3. The van der Waals surface area contributed by atoms with Crippen LogP contribution >= 0.6 is 0 Å². The first-order valence-electron chi connectivity index (χ1n) is 11.2. The summed E-state index contributed by atoms with van der Waals surface area (Å²) in [6.07, 6.45) is 4.28. The van der Waals surface area contributed by atoms with Gasteiger partial charge in [0.25, 0.3) is 15.6 Å². The molecule has 8 heteroatoms. The van der Waals surface area contributed by atoms with Gasteiger partial charge >= 0.3 is 0 Å². The second kappa shape index (κ2) is 8.19. The van der Waals surface area contributed by atoms with Gasteiger partial charge in [-0.05, 0) is 62.4 Å². The van der Waals surface area contributed by atoms with E-state index in [4.69, 9.17) is 0 Å². The zero-order valence-corrected chi connectivity index (χ0v) is 19.5. The first kappa shape index (κ1) is 21.5. The van der Waals surface area contributed by atoms with Gasteiger partial charge in [-0.2, -0.15) is 0 Å². The van der Waals surface area contributed by atoms with Crippen molar-refractivity contribution in [2.75, 3.05) is 6.54 Å². The lowest BCUT2D eigenvalue weighted by Crippen LogP contribution is -2.33. The lowest BCUT2D eigenvalue weighted by atomic mass is 10.0. The SMILES string of the molecule is CCc1ccc(-n2[nH]c3c(c2=O)CCN(S(=O)(=O)c2ccc(C)cc2)C2=C3CCC=N2)cc1. The van der Waals surface area contributed by atoms with Gasteiger partial charge in [-0.1, -0.05) is 36.8 Å². The number of aliphatic imine (C=N–C) groups is 1. The van der Waals surface area contributed by atoms with Crippen LogP contribution in [0.2, 0.25) is 0 Å². The fourth-order valence-corrected chi connectivity index (χ4v) is 5.86. The molecule has 3 heterocycles. The Hall–Kier alpha value is -3.39. The molecule has 5 rings (SSSR count). The molecule has 3 aromatic rings. The van der Waals surface area contributed by atoms with Gasteiger partial charge in [-0.25, -0.2) is 22.4 Å². The third-order valence-electron chi connectivity index (χ3n) is 6.31. The Balaban J connectivity index is 1.63. The van der Waals surface area contributed by atoms with Crippen molar-refractivity contribution in [3.05, 3.63) is 87.1 Å². The fourth-order valence-electron chi connectivity index (χ4n) is 4.41. The van der Waals surface area contributed by atoms with Gasteiger partial charge in [-0.15, -0.1) is 0 Å². The Labute approximate surface area is 193 Å². The summed E-state index contributed by atoms with van der Waals surface area (Å²) >= 11 is 0. The van der Waals surface area contributed by atoms with Crippen LogP contribution in [0.25, 0.3) is 11.3 Å². The number of benzene rings is 2. The molecule has 2 aliphatic rings. The highest BCUT2D eigenvalue weighted by molar-refractivity contribution is 7.89. The van der Waals surface area contributed by atoms with Crippen LogP contribution < -0.4 is 5.56 Å². The van der Waals surface area contributed by atoms with Gasteiger partial charge in [0.05, 0.1) is 16.3 Å². The van der Waals surface area contributed by atoms with Crippen LogP contribution in [0, 0.1) is 6.92 Å². The maximum absolute atomic E-state index is 13.5. The van der Waals surface area contributed by atoms with E-state index in [0.717, 1.165) is 23.2 Å². The largest absolute Gasteiger partial charge is 0.290 e. The number of allylic oxidation sites excluding steroid dienone is 1. The normalized spacial score (nSPS) is 15.9. The van der Waals surface area contributed by atoms with E-state index < -0.39 is 10.0 Å². The zero-order chi connectivity index (χ0) is 23.2. The molecular weight excluding hydrogens is 436 g/mol. The number of hydrogen-bond donors (Lipinski definition) is 1. The van der Waals surface area contributed by atoms with E-state index in [2.05, 4.69) is 17.0 Å². The molecule has 1 aromatic heterocycles. The van der Waals surface area contributed by atoms with E-state index >= 15 is 0 Å². The van der Waals surface area contributed by atoms with Gasteiger partial charge in [0.15, 0.2) is 0 Å². The van der Waals surface area contributed by atoms with Gasteiger partial charge in [0.2, 0.25) is 0 Å². The van der Waals surface area contributed by atoms with Crippen molar-refractivity contribution in [1.82, 2.24) is 14.1 Å². The van der Waals surface area contributed by atoms with Gasteiger partial charge in [-0.3, -0.25) is 9.89 Å². The lowest BCUT2D eigenvalue weighted by molar-refractivity contribution is 0.476. The molecule has 2 aromatic carbocycles. The Bertz CT molecular complexity index is 1430. The van der Waals surface area contributed by atoms with Crippen LogP contribution in [0.5, 0.6) is 0 Å². The molecule has 0 aliphatic carbocycles. The molecule has 0 saturated heterocycles. The molecule has 0 radical (unpaired) electrons. The maximum atomic E-state index is 13.5. The summed E-state index contributed by atoms with van der Waals surface area (Å²) in [4.78, 5) is 18.1. The molecule has 1 N–H and O–H groups in total. The topological polar surface area (TPSA) is 87.5 Å². The first-order chi connectivity index (χ1) is 15.9. The summed E-state index contributed by atoms with van der Waals surface area (Å²) in [5.74, 6) is 0.398. The molecule has 2 aliphatic heterocycles. The van der Waals surface area contributed by atoms with Crippen molar-refractivity contribution >= 4 is 21.8 Å². The highest BCUT2D eigenvalue weighted by atomic mass is 32.2. The number of sulfonamides is 1. The average Bonchev–Trinajstić information content (AvgIpc) is 3.05. The number of hydrogen-bond acceptors (Lipinski definition) is 4. The van der Waals surface area contributed by atoms with Gasteiger partial charge in [0, 0.05) is 23.9 Å². The van der Waals surface area contributed by atoms with Crippen molar-refractivity contribution < 1.29 is 8.42 Å². The number of fused-ring (bicyclic) bond motifs is 2. The summed E-state index contributed by atoms with van der Waals surface area (Å²) in [6, 6.07) is 14.7. The number of aryl methyl sites for hydroxylation is 2. The lowest BCUT2D eigenvalue weighted by Gasteiger charge is -2.26. The molecule has 170 valence electrons. The molecule has 0 saturated carbocycles. The van der Waals surface area contributed by atoms with Crippen LogP contribution in [0.1, 0.15) is 42.1 Å². The first-order valence-corrected chi connectivity index (χ1v) is 12.6. The monoisotopic (exact) mass is 462 g/mol. The minimum atomic E-state index is -3.81. The summed E-state index contributed by atoms with van der Waals surface area (Å²) < 4.78 is 30.0. The Morgan fingerprint density at radius 3 is 2.45 bits per heavy atom. The minimum absolute atomic E-state index is 0.148. The highest BCUT2D eigenvalue weighted by Gasteiger charge is 2.34. The van der Waals surface area contributed by atoms with Crippen LogP contribution in [0.3, 0.4) is 0 Å². The summed E-state index contributed by atoms with van der Waals surface area (Å²) in [6.45, 7) is 4.16. The zero-order valence-electron chi connectivity index (χ0n) is 18.7. The van der Waals surface area contributed by atoms with E-state index in [-0.39, 0.29) is 17.0 Å². The smallest absolute Gasteiger partial charge is 0.275 e. The summed E-state index contributed by atoms with van der Waals surface area (Å²) in [7, 11) is -3.81. The number of H-pyrrole nitrogens is 1. The highest BCUT2D eigenvalue weighted by Crippen LogP contribution is 2.35. The van der Waals surface area contributed by atoms with Crippen molar-refractivity contribution in [3.63, 3.8) is 0 Å². The molecule has 7 nitrogen and oxygen atoms in total. The molecule has 0 fully saturated rings. The Morgan fingerprint density at radius 2 is 1.76 bits per heavy atom. The number of aromatic amines is 1. The molecule has 0 unspecified atom stereocenters. The van der Waals surface area contributed by atoms with Gasteiger partial charge in [0.1, 0.15) is 5.82 Å². The molecule has 33 heavy (non-hydrogen) atoms. The molecule has 0 bridgehead atoms. The fraction of sp³-hybridized carbons (Fsp3) is 0.280. The van der Waals surface area contributed by atoms with Crippen LogP contribution in [0.15, 0.2) is 69.0 Å². The quantitative estimate of drug-likeness (QED) is 0.639. The van der Waals surface area contributed by atoms with Crippen LogP contribution in [0.4, 0.5) is 0 Å². The molecule has 0 amide bonds. The Kier molecular flexibility index (Phi) is 5.32. The average molecular weight is 463 g/mol. The van der Waals surface area contributed by atoms with E-state index in [1.807, 2.05) is 31.2 Å². The summed E-state index contributed by atoms with van der Waals surface area (Å²) in [5.41, 5.74) is 4.85. The second-order valence-corrected chi connectivity index (χ2v) is 10.3. The summed E-state index contributed by atoms with van der Waals surface area (Å²) in [5, 5.41) is 3.27. The molecular formula is C25H26N4O3S. The predicted octanol–water partition coefficient (Wildman–Crippen LogP) is 3.82. The van der Waals surface area contributed by atoms with Crippen molar-refractivity contribution in [2.24, 2.45) is 4.99 Å².